The molecule has 1 aliphatic carbocycles. The van der Waals surface area contributed by atoms with Crippen LogP contribution >= 0.6 is 0 Å². The van der Waals surface area contributed by atoms with Crippen LogP contribution in [-0.2, 0) is 12.6 Å². The van der Waals surface area contributed by atoms with Gasteiger partial charge in [0.05, 0.1) is 12.7 Å². The van der Waals surface area contributed by atoms with Gasteiger partial charge in [0.25, 0.3) is 0 Å². The van der Waals surface area contributed by atoms with Gasteiger partial charge in [-0.3, -0.25) is 4.79 Å². The van der Waals surface area contributed by atoms with E-state index in [0.29, 0.717) is 18.4 Å². The number of carbonyl (C=O) groups is 1. The molecule has 17 heavy (non-hydrogen) atoms. The molecule has 0 aliphatic heterocycles. The summed E-state index contributed by atoms with van der Waals surface area (Å²) in [6, 6.07) is 2.41. The molecule has 1 aromatic rings. The first kappa shape index (κ1) is 12.0. The van der Waals surface area contributed by atoms with E-state index in [-0.39, 0.29) is 17.7 Å². The summed E-state index contributed by atoms with van der Waals surface area (Å²) in [5, 5.41) is 0. The summed E-state index contributed by atoms with van der Waals surface area (Å²) >= 11 is 0. The van der Waals surface area contributed by atoms with E-state index in [1.54, 1.807) is 0 Å². The molecule has 0 saturated heterocycles. The standard InChI is InChI=1S/C12H11F3O2/c1-17-8-5-7-3-2-4-10(16)11(7)9(6-8)12(13,14)15/h5-6H,2-4H2,1H3. The number of ether oxygens (including phenoxy) is 1. The number of Topliss-reactive ketones (excluding diaryl/α,β-unsaturated/α-hetero) is 1. The lowest BCUT2D eigenvalue weighted by atomic mass is 9.87. The number of hydrogen-bond acceptors (Lipinski definition) is 2. The van der Waals surface area contributed by atoms with Crippen molar-refractivity contribution < 1.29 is 22.7 Å². The fraction of sp³-hybridized carbons (Fsp3) is 0.417. The van der Waals surface area contributed by atoms with Crippen LogP contribution in [0.4, 0.5) is 13.2 Å². The second kappa shape index (κ2) is 4.05. The summed E-state index contributed by atoms with van der Waals surface area (Å²) in [6.07, 6.45) is -3.26. The predicted octanol–water partition coefficient (Wildman–Crippen LogP) is 3.23. The topological polar surface area (TPSA) is 26.3 Å². The maximum atomic E-state index is 12.9. The number of carbonyl (C=O) groups excluding carboxylic acids is 1. The van der Waals surface area contributed by atoms with Crippen LogP contribution in [0, 0.1) is 0 Å². The van der Waals surface area contributed by atoms with Crippen LogP contribution in [0.2, 0.25) is 0 Å². The molecule has 0 atom stereocenters. The molecule has 1 aliphatic rings. The number of alkyl halides is 3. The summed E-state index contributed by atoms with van der Waals surface area (Å²) in [5.41, 5.74) is -0.617. The number of halogens is 3. The fourth-order valence-corrected chi connectivity index (χ4v) is 2.11. The number of hydrogen-bond donors (Lipinski definition) is 0. The molecule has 0 N–H and O–H groups in total. The molecule has 0 radical (unpaired) electrons. The van der Waals surface area contributed by atoms with Crippen molar-refractivity contribution in [1.29, 1.82) is 0 Å². The first-order chi connectivity index (χ1) is 7.93. The zero-order valence-corrected chi connectivity index (χ0v) is 9.23. The van der Waals surface area contributed by atoms with Gasteiger partial charge in [-0.05, 0) is 30.5 Å². The summed E-state index contributed by atoms with van der Waals surface area (Å²) in [5.74, 6) is -0.285. The second-order valence-corrected chi connectivity index (χ2v) is 3.98. The van der Waals surface area contributed by atoms with Crippen LogP contribution in [0.5, 0.6) is 5.75 Å². The Kier molecular flexibility index (Phi) is 2.85. The Labute approximate surface area is 96.4 Å². The van der Waals surface area contributed by atoms with Gasteiger partial charge < -0.3 is 4.74 Å². The molecule has 0 unspecified atom stereocenters. The number of ketones is 1. The van der Waals surface area contributed by atoms with Crippen molar-refractivity contribution in [3.8, 4) is 5.75 Å². The van der Waals surface area contributed by atoms with Crippen molar-refractivity contribution >= 4 is 5.78 Å². The van der Waals surface area contributed by atoms with E-state index < -0.39 is 17.5 Å². The molecular formula is C12H11F3O2. The van der Waals surface area contributed by atoms with Crippen LogP contribution < -0.4 is 4.74 Å². The van der Waals surface area contributed by atoms with Crippen molar-refractivity contribution in [3.05, 3.63) is 28.8 Å². The minimum atomic E-state index is -4.52. The molecule has 0 bridgehead atoms. The van der Waals surface area contributed by atoms with Crippen LogP contribution in [0.3, 0.4) is 0 Å². The summed E-state index contributed by atoms with van der Waals surface area (Å²) < 4.78 is 43.4. The van der Waals surface area contributed by atoms with Crippen molar-refractivity contribution in [2.45, 2.75) is 25.4 Å². The number of rotatable bonds is 1. The Morgan fingerprint density at radius 1 is 1.24 bits per heavy atom. The third-order valence-corrected chi connectivity index (χ3v) is 2.86. The van der Waals surface area contributed by atoms with E-state index in [9.17, 15) is 18.0 Å². The van der Waals surface area contributed by atoms with Crippen molar-refractivity contribution in [3.63, 3.8) is 0 Å². The van der Waals surface area contributed by atoms with Crippen LogP contribution in [0.25, 0.3) is 0 Å². The van der Waals surface area contributed by atoms with Crippen molar-refractivity contribution in [1.82, 2.24) is 0 Å². The lowest BCUT2D eigenvalue weighted by Crippen LogP contribution is -2.19. The number of fused-ring (bicyclic) bond motifs is 1. The molecule has 0 amide bonds. The summed E-state index contributed by atoms with van der Waals surface area (Å²) in [6.45, 7) is 0. The molecule has 92 valence electrons. The maximum Gasteiger partial charge on any atom is 0.417 e. The van der Waals surface area contributed by atoms with Gasteiger partial charge in [-0.25, -0.2) is 0 Å². The predicted molar refractivity (Wildman–Crippen MR) is 55.3 cm³/mol. The third kappa shape index (κ3) is 2.14. The number of benzene rings is 1. The summed E-state index contributed by atoms with van der Waals surface area (Å²) in [4.78, 5) is 11.6. The molecule has 0 saturated carbocycles. The van der Waals surface area contributed by atoms with Crippen molar-refractivity contribution in [2.75, 3.05) is 7.11 Å². The van der Waals surface area contributed by atoms with Gasteiger partial charge in [0.15, 0.2) is 5.78 Å². The van der Waals surface area contributed by atoms with Gasteiger partial charge in [0.2, 0.25) is 0 Å². The normalized spacial score (nSPS) is 15.6. The third-order valence-electron chi connectivity index (χ3n) is 2.86. The first-order valence-corrected chi connectivity index (χ1v) is 5.25. The Balaban J connectivity index is 2.67. The highest BCUT2D eigenvalue weighted by Crippen LogP contribution is 2.38. The minimum Gasteiger partial charge on any atom is -0.497 e. The lowest BCUT2D eigenvalue weighted by Gasteiger charge is -2.20. The maximum absolute atomic E-state index is 12.9. The van der Waals surface area contributed by atoms with Gasteiger partial charge in [0, 0.05) is 12.0 Å². The highest BCUT2D eigenvalue weighted by Gasteiger charge is 2.37. The van der Waals surface area contributed by atoms with Gasteiger partial charge in [-0.15, -0.1) is 0 Å². The molecule has 5 heteroatoms. The monoisotopic (exact) mass is 244 g/mol. The number of aryl methyl sites for hydroxylation is 1. The Morgan fingerprint density at radius 2 is 1.94 bits per heavy atom. The highest BCUT2D eigenvalue weighted by atomic mass is 19.4. The van der Waals surface area contributed by atoms with E-state index in [1.165, 1.54) is 13.2 Å². The fourth-order valence-electron chi connectivity index (χ4n) is 2.11. The quantitative estimate of drug-likeness (QED) is 0.758. The van der Waals surface area contributed by atoms with E-state index in [1.807, 2.05) is 0 Å². The molecule has 2 rings (SSSR count). The van der Waals surface area contributed by atoms with Gasteiger partial charge in [-0.1, -0.05) is 0 Å². The minimum absolute atomic E-state index is 0.144. The molecule has 0 aromatic heterocycles. The molecule has 1 aromatic carbocycles. The highest BCUT2D eigenvalue weighted by molar-refractivity contribution is 6.00. The second-order valence-electron chi connectivity index (χ2n) is 3.98. The summed E-state index contributed by atoms with van der Waals surface area (Å²) in [7, 11) is 1.31. The zero-order chi connectivity index (χ0) is 12.6. The Bertz CT molecular complexity index is 464. The molecule has 0 spiro atoms. The smallest absolute Gasteiger partial charge is 0.417 e. The number of methoxy groups -OCH3 is 1. The molecule has 2 nitrogen and oxygen atoms in total. The van der Waals surface area contributed by atoms with Crippen LogP contribution in [0.15, 0.2) is 12.1 Å². The van der Waals surface area contributed by atoms with Crippen LogP contribution in [0.1, 0.15) is 34.3 Å². The lowest BCUT2D eigenvalue weighted by molar-refractivity contribution is -0.138. The zero-order valence-electron chi connectivity index (χ0n) is 9.23. The van der Waals surface area contributed by atoms with Crippen LogP contribution in [-0.4, -0.2) is 12.9 Å². The average Bonchev–Trinajstić information content (AvgIpc) is 2.26. The van der Waals surface area contributed by atoms with Gasteiger partial charge >= 0.3 is 6.18 Å². The van der Waals surface area contributed by atoms with E-state index >= 15 is 0 Å². The van der Waals surface area contributed by atoms with Gasteiger partial charge in [0.1, 0.15) is 5.75 Å². The molecular weight excluding hydrogens is 233 g/mol. The molecule has 0 heterocycles. The van der Waals surface area contributed by atoms with E-state index in [2.05, 4.69) is 0 Å². The average molecular weight is 244 g/mol. The Morgan fingerprint density at radius 3 is 2.53 bits per heavy atom. The van der Waals surface area contributed by atoms with Crippen molar-refractivity contribution in [2.24, 2.45) is 0 Å². The SMILES string of the molecule is COc1cc2c(c(C(F)(F)F)c1)C(=O)CCC2. The largest absolute Gasteiger partial charge is 0.497 e. The van der Waals surface area contributed by atoms with Gasteiger partial charge in [-0.2, -0.15) is 13.2 Å². The van der Waals surface area contributed by atoms with E-state index in [0.717, 1.165) is 6.07 Å². The van der Waals surface area contributed by atoms with E-state index in [4.69, 9.17) is 4.74 Å². The molecule has 0 fully saturated rings. The Hall–Kier alpha value is -1.52. The first-order valence-electron chi connectivity index (χ1n) is 5.25.